The highest BCUT2D eigenvalue weighted by atomic mass is 16.8. The number of hydrogen-bond acceptors (Lipinski definition) is 4. The molecule has 0 amide bonds. The van der Waals surface area contributed by atoms with Crippen molar-refractivity contribution in [1.29, 1.82) is 0 Å². The number of ether oxygens (including phenoxy) is 2. The van der Waals surface area contributed by atoms with Crippen LogP contribution in [-0.4, -0.2) is 29.5 Å². The van der Waals surface area contributed by atoms with Crippen molar-refractivity contribution in [3.63, 3.8) is 0 Å². The molecule has 1 atom stereocenters. The van der Waals surface area contributed by atoms with Crippen LogP contribution in [0.2, 0.25) is 0 Å². The molecule has 0 aromatic rings. The molecular formula is C7H13NO4. The van der Waals surface area contributed by atoms with Crippen LogP contribution in [0.1, 0.15) is 20.8 Å². The Morgan fingerprint density at radius 3 is 2.42 bits per heavy atom. The SMILES string of the molecule is CC1(C)OC[C@@](C)(C[N+](=O)[O-])O1. The van der Waals surface area contributed by atoms with Crippen LogP contribution in [0.4, 0.5) is 0 Å². The first-order chi connectivity index (χ1) is 5.33. The monoisotopic (exact) mass is 175 g/mol. The molecule has 0 aliphatic carbocycles. The molecule has 1 aliphatic rings. The van der Waals surface area contributed by atoms with Crippen molar-refractivity contribution in [2.75, 3.05) is 13.2 Å². The lowest BCUT2D eigenvalue weighted by Crippen LogP contribution is -2.37. The smallest absolute Gasteiger partial charge is 0.234 e. The van der Waals surface area contributed by atoms with E-state index in [9.17, 15) is 10.1 Å². The second kappa shape index (κ2) is 2.67. The van der Waals surface area contributed by atoms with E-state index in [1.165, 1.54) is 0 Å². The summed E-state index contributed by atoms with van der Waals surface area (Å²) in [6, 6.07) is 0. The van der Waals surface area contributed by atoms with E-state index in [1.54, 1.807) is 20.8 Å². The highest BCUT2D eigenvalue weighted by molar-refractivity contribution is 4.82. The number of nitrogens with zero attached hydrogens (tertiary/aromatic N) is 1. The van der Waals surface area contributed by atoms with Gasteiger partial charge in [-0.05, 0) is 20.8 Å². The second-order valence-electron chi connectivity index (χ2n) is 3.73. The predicted molar refractivity (Wildman–Crippen MR) is 41.4 cm³/mol. The van der Waals surface area contributed by atoms with Crippen molar-refractivity contribution in [2.45, 2.75) is 32.2 Å². The summed E-state index contributed by atoms with van der Waals surface area (Å²) in [7, 11) is 0. The Labute approximate surface area is 70.8 Å². The van der Waals surface area contributed by atoms with Gasteiger partial charge in [-0.1, -0.05) is 0 Å². The summed E-state index contributed by atoms with van der Waals surface area (Å²) in [5, 5.41) is 10.2. The van der Waals surface area contributed by atoms with Crippen LogP contribution in [0.3, 0.4) is 0 Å². The largest absolute Gasteiger partial charge is 0.347 e. The summed E-state index contributed by atoms with van der Waals surface area (Å²) in [5.74, 6) is -0.690. The molecule has 12 heavy (non-hydrogen) atoms. The lowest BCUT2D eigenvalue weighted by Gasteiger charge is -2.21. The van der Waals surface area contributed by atoms with Crippen molar-refractivity contribution in [1.82, 2.24) is 0 Å². The molecule has 0 bridgehead atoms. The van der Waals surface area contributed by atoms with E-state index in [2.05, 4.69) is 0 Å². The van der Waals surface area contributed by atoms with Gasteiger partial charge in [0, 0.05) is 4.92 Å². The molecule has 5 heteroatoms. The predicted octanol–water partition coefficient (Wildman–Crippen LogP) is 0.805. The third kappa shape index (κ3) is 2.15. The summed E-state index contributed by atoms with van der Waals surface area (Å²) in [4.78, 5) is 9.86. The maximum atomic E-state index is 10.2. The lowest BCUT2D eigenvalue weighted by molar-refractivity contribution is -0.500. The number of hydrogen-bond donors (Lipinski definition) is 0. The molecule has 1 heterocycles. The Morgan fingerprint density at radius 2 is 2.08 bits per heavy atom. The van der Waals surface area contributed by atoms with Crippen molar-refractivity contribution in [3.8, 4) is 0 Å². The normalized spacial score (nSPS) is 33.6. The fourth-order valence-corrected chi connectivity index (χ4v) is 1.33. The Bertz CT molecular complexity index is 204. The van der Waals surface area contributed by atoms with Crippen LogP contribution in [0.25, 0.3) is 0 Å². The van der Waals surface area contributed by atoms with Gasteiger partial charge in [-0.3, -0.25) is 10.1 Å². The molecule has 0 aromatic carbocycles. The molecule has 0 aromatic heterocycles. The maximum absolute atomic E-state index is 10.2. The van der Waals surface area contributed by atoms with Crippen LogP contribution in [-0.2, 0) is 9.47 Å². The van der Waals surface area contributed by atoms with Crippen molar-refractivity contribution < 1.29 is 14.4 Å². The van der Waals surface area contributed by atoms with Crippen molar-refractivity contribution in [2.24, 2.45) is 0 Å². The van der Waals surface area contributed by atoms with Gasteiger partial charge in [-0.2, -0.15) is 0 Å². The molecule has 1 aliphatic heterocycles. The van der Waals surface area contributed by atoms with Crippen LogP contribution in [0, 0.1) is 10.1 Å². The summed E-state index contributed by atoms with van der Waals surface area (Å²) in [6.07, 6.45) is 0. The molecule has 5 nitrogen and oxygen atoms in total. The van der Waals surface area contributed by atoms with E-state index in [1.807, 2.05) is 0 Å². The van der Waals surface area contributed by atoms with E-state index in [4.69, 9.17) is 9.47 Å². The molecule has 1 saturated heterocycles. The Kier molecular flexibility index (Phi) is 2.09. The highest BCUT2D eigenvalue weighted by Crippen LogP contribution is 2.30. The minimum Gasteiger partial charge on any atom is -0.347 e. The quantitative estimate of drug-likeness (QED) is 0.460. The zero-order valence-corrected chi connectivity index (χ0v) is 7.49. The molecule has 1 rings (SSSR count). The first-order valence-corrected chi connectivity index (χ1v) is 3.79. The van der Waals surface area contributed by atoms with Crippen LogP contribution >= 0.6 is 0 Å². The number of nitro groups is 1. The van der Waals surface area contributed by atoms with Crippen molar-refractivity contribution >= 4 is 0 Å². The van der Waals surface area contributed by atoms with Gasteiger partial charge in [0.25, 0.3) is 0 Å². The minimum atomic E-state index is -0.771. The molecular weight excluding hydrogens is 162 g/mol. The average molecular weight is 175 g/mol. The Balaban J connectivity index is 2.58. The topological polar surface area (TPSA) is 61.6 Å². The maximum Gasteiger partial charge on any atom is 0.234 e. The minimum absolute atomic E-state index is 0.212. The van der Waals surface area contributed by atoms with Gasteiger partial charge in [0.1, 0.15) is 0 Å². The Morgan fingerprint density at radius 1 is 1.50 bits per heavy atom. The Hall–Kier alpha value is -0.680. The molecule has 0 unspecified atom stereocenters. The molecule has 70 valence electrons. The van der Waals surface area contributed by atoms with E-state index in [0.717, 1.165) is 0 Å². The van der Waals surface area contributed by atoms with Gasteiger partial charge in [0.15, 0.2) is 11.4 Å². The van der Waals surface area contributed by atoms with Crippen LogP contribution < -0.4 is 0 Å². The molecule has 0 radical (unpaired) electrons. The van der Waals surface area contributed by atoms with Crippen LogP contribution in [0.15, 0.2) is 0 Å². The van der Waals surface area contributed by atoms with Gasteiger partial charge in [0.05, 0.1) is 6.61 Å². The van der Waals surface area contributed by atoms with Gasteiger partial charge in [-0.15, -0.1) is 0 Å². The van der Waals surface area contributed by atoms with E-state index >= 15 is 0 Å². The van der Waals surface area contributed by atoms with E-state index < -0.39 is 11.4 Å². The number of rotatable bonds is 2. The third-order valence-electron chi connectivity index (χ3n) is 1.68. The highest BCUT2D eigenvalue weighted by Gasteiger charge is 2.45. The van der Waals surface area contributed by atoms with Gasteiger partial charge < -0.3 is 9.47 Å². The van der Waals surface area contributed by atoms with Crippen molar-refractivity contribution in [3.05, 3.63) is 10.1 Å². The van der Waals surface area contributed by atoms with E-state index in [0.29, 0.717) is 0 Å². The summed E-state index contributed by atoms with van der Waals surface area (Å²) >= 11 is 0. The summed E-state index contributed by atoms with van der Waals surface area (Å²) in [5.41, 5.74) is -0.771. The third-order valence-corrected chi connectivity index (χ3v) is 1.68. The fourth-order valence-electron chi connectivity index (χ4n) is 1.33. The van der Waals surface area contributed by atoms with Gasteiger partial charge >= 0.3 is 0 Å². The average Bonchev–Trinajstić information content (AvgIpc) is 2.03. The lowest BCUT2D eigenvalue weighted by atomic mass is 10.1. The summed E-state index contributed by atoms with van der Waals surface area (Å²) < 4.78 is 10.6. The fraction of sp³-hybridized carbons (Fsp3) is 1.00. The van der Waals surface area contributed by atoms with E-state index in [-0.39, 0.29) is 18.1 Å². The standard InChI is InChI=1S/C7H13NO4/c1-6(2)11-5-7(3,12-6)4-8(9)10/h4-5H2,1-3H3/t7-/m1/s1. The summed E-state index contributed by atoms with van der Waals surface area (Å²) in [6.45, 7) is 5.25. The molecule has 1 fully saturated rings. The molecule has 0 spiro atoms. The zero-order valence-electron chi connectivity index (χ0n) is 7.49. The molecule has 0 saturated carbocycles. The molecule has 0 N–H and O–H groups in total. The second-order valence-corrected chi connectivity index (χ2v) is 3.73. The van der Waals surface area contributed by atoms with Gasteiger partial charge in [-0.25, -0.2) is 0 Å². The first-order valence-electron chi connectivity index (χ1n) is 3.79. The van der Waals surface area contributed by atoms with Gasteiger partial charge in [0.2, 0.25) is 6.54 Å². The first kappa shape index (κ1) is 9.41. The van der Waals surface area contributed by atoms with Crippen LogP contribution in [0.5, 0.6) is 0 Å². The zero-order chi connectivity index (χ0) is 9.41.